The third-order valence-electron chi connectivity index (χ3n) is 2.66. The van der Waals surface area contributed by atoms with Crippen LogP contribution in [0.2, 0.25) is 0 Å². The minimum Gasteiger partial charge on any atom is -0.399 e. The fraction of sp³-hybridized carbons (Fsp3) is 0.455. The monoisotopic (exact) mass is 245 g/mol. The van der Waals surface area contributed by atoms with Crippen molar-refractivity contribution in [1.82, 2.24) is 0 Å². The van der Waals surface area contributed by atoms with Crippen molar-refractivity contribution in [1.29, 1.82) is 0 Å². The molecule has 2 nitrogen and oxygen atoms in total. The first kappa shape index (κ1) is 11.5. The molecule has 1 aliphatic carbocycles. The molecular weight excluding hydrogens is 232 g/mol. The van der Waals surface area contributed by atoms with Crippen LogP contribution in [0.3, 0.4) is 0 Å². The molecule has 1 saturated carbocycles. The summed E-state index contributed by atoms with van der Waals surface area (Å²) >= 11 is 0. The summed E-state index contributed by atoms with van der Waals surface area (Å²) in [6.07, 6.45) is 3.06. The molecule has 0 spiro atoms. The zero-order valence-corrected chi connectivity index (χ0v) is 9.53. The van der Waals surface area contributed by atoms with Crippen LogP contribution in [-0.4, -0.2) is 9.96 Å². The van der Waals surface area contributed by atoms with E-state index in [-0.39, 0.29) is 10.6 Å². The second kappa shape index (κ2) is 4.49. The van der Waals surface area contributed by atoms with Crippen molar-refractivity contribution in [3.8, 4) is 0 Å². The second-order valence-corrected chi connectivity index (χ2v) is 5.60. The van der Waals surface area contributed by atoms with Gasteiger partial charge in [-0.15, -0.1) is 0 Å². The van der Waals surface area contributed by atoms with E-state index in [1.807, 2.05) is 0 Å². The predicted molar refractivity (Wildman–Crippen MR) is 59.4 cm³/mol. The van der Waals surface area contributed by atoms with Crippen LogP contribution in [0.4, 0.5) is 14.5 Å². The molecule has 0 amide bonds. The Morgan fingerprint density at radius 2 is 1.88 bits per heavy atom. The Kier molecular flexibility index (Phi) is 3.23. The summed E-state index contributed by atoms with van der Waals surface area (Å²) in [7, 11) is -1.60. The van der Waals surface area contributed by atoms with E-state index >= 15 is 0 Å². The van der Waals surface area contributed by atoms with Gasteiger partial charge in [0, 0.05) is 11.4 Å². The maximum atomic E-state index is 13.4. The van der Waals surface area contributed by atoms with Gasteiger partial charge in [0.15, 0.2) is 0 Å². The van der Waals surface area contributed by atoms with E-state index < -0.39 is 22.4 Å². The number of anilines is 1. The molecule has 5 heteroatoms. The number of nitrogen functional groups attached to an aromatic ring is 1. The van der Waals surface area contributed by atoms with Crippen LogP contribution in [0.1, 0.15) is 19.3 Å². The molecule has 0 aromatic heterocycles. The summed E-state index contributed by atoms with van der Waals surface area (Å²) in [6.45, 7) is 0. The van der Waals surface area contributed by atoms with Crippen molar-refractivity contribution >= 4 is 16.5 Å². The molecule has 1 atom stereocenters. The number of hydrogen-bond donors (Lipinski definition) is 1. The lowest BCUT2D eigenvalue weighted by Crippen LogP contribution is -2.05. The van der Waals surface area contributed by atoms with E-state index in [0.717, 1.165) is 31.4 Å². The van der Waals surface area contributed by atoms with Gasteiger partial charge >= 0.3 is 0 Å². The van der Waals surface area contributed by atoms with Crippen LogP contribution in [0, 0.1) is 17.6 Å². The van der Waals surface area contributed by atoms with Crippen LogP contribution < -0.4 is 5.73 Å². The van der Waals surface area contributed by atoms with Crippen molar-refractivity contribution in [2.75, 3.05) is 11.5 Å². The minimum atomic E-state index is -1.60. The van der Waals surface area contributed by atoms with E-state index in [9.17, 15) is 13.0 Å². The minimum absolute atomic E-state index is 0.0120. The van der Waals surface area contributed by atoms with Crippen LogP contribution in [-0.2, 0) is 10.8 Å². The Hall–Kier alpha value is -0.970. The van der Waals surface area contributed by atoms with Crippen molar-refractivity contribution in [3.05, 3.63) is 23.8 Å². The first-order chi connectivity index (χ1) is 7.58. The van der Waals surface area contributed by atoms with Gasteiger partial charge in [-0.3, -0.25) is 4.21 Å². The summed E-state index contributed by atoms with van der Waals surface area (Å²) in [4.78, 5) is -0.338. The highest BCUT2D eigenvalue weighted by Gasteiger charge is 2.24. The number of hydrogen-bond acceptors (Lipinski definition) is 2. The zero-order chi connectivity index (χ0) is 11.7. The molecule has 0 saturated heterocycles. The molecule has 16 heavy (non-hydrogen) atoms. The Morgan fingerprint density at radius 1 is 1.31 bits per heavy atom. The summed E-state index contributed by atoms with van der Waals surface area (Å²) in [5, 5.41) is 0. The van der Waals surface area contributed by atoms with E-state index in [1.54, 1.807) is 0 Å². The Bertz CT molecular complexity index is 409. The average molecular weight is 245 g/mol. The quantitative estimate of drug-likeness (QED) is 0.828. The molecular formula is C11H13F2NOS. The number of nitrogens with two attached hydrogens (primary N) is 1. The van der Waals surface area contributed by atoms with Gasteiger partial charge in [-0.2, -0.15) is 0 Å². The summed E-state index contributed by atoms with van der Waals surface area (Å²) < 4.78 is 38.5. The van der Waals surface area contributed by atoms with Gasteiger partial charge in [0.2, 0.25) is 0 Å². The lowest BCUT2D eigenvalue weighted by Gasteiger charge is -2.05. The summed E-state index contributed by atoms with van der Waals surface area (Å²) in [5.74, 6) is -0.704. The normalized spacial score (nSPS) is 17.4. The molecule has 1 aromatic rings. The number of halogens is 2. The summed E-state index contributed by atoms with van der Waals surface area (Å²) in [5.41, 5.74) is 5.29. The Labute approximate surface area is 95.3 Å². The van der Waals surface area contributed by atoms with Crippen molar-refractivity contribution in [2.24, 2.45) is 5.92 Å². The van der Waals surface area contributed by atoms with Crippen LogP contribution in [0.25, 0.3) is 0 Å². The van der Waals surface area contributed by atoms with Gasteiger partial charge < -0.3 is 5.73 Å². The Morgan fingerprint density at radius 3 is 2.38 bits per heavy atom. The molecule has 2 rings (SSSR count). The van der Waals surface area contributed by atoms with Gasteiger partial charge in [-0.25, -0.2) is 8.78 Å². The van der Waals surface area contributed by atoms with Crippen LogP contribution >= 0.6 is 0 Å². The maximum absolute atomic E-state index is 13.4. The van der Waals surface area contributed by atoms with E-state index in [0.29, 0.717) is 11.7 Å². The van der Waals surface area contributed by atoms with Crippen molar-refractivity contribution in [2.45, 2.75) is 24.2 Å². The van der Waals surface area contributed by atoms with E-state index in [1.165, 1.54) is 0 Å². The van der Waals surface area contributed by atoms with Crippen molar-refractivity contribution in [3.63, 3.8) is 0 Å². The van der Waals surface area contributed by atoms with Gasteiger partial charge in [0.25, 0.3) is 0 Å². The molecule has 0 bridgehead atoms. The standard InChI is InChI=1S/C11H13F2NOS/c12-9-5-8(14)6-10(13)11(9)16(15)4-3-7-1-2-7/h5-7H,1-4,14H2. The molecule has 1 aromatic carbocycles. The molecule has 1 unspecified atom stereocenters. The second-order valence-electron chi connectivity index (χ2n) is 4.10. The maximum Gasteiger partial charge on any atom is 0.144 e. The van der Waals surface area contributed by atoms with Crippen LogP contribution in [0.15, 0.2) is 17.0 Å². The van der Waals surface area contributed by atoms with E-state index in [2.05, 4.69) is 0 Å². The fourth-order valence-electron chi connectivity index (χ4n) is 1.58. The number of rotatable bonds is 4. The topological polar surface area (TPSA) is 43.1 Å². The molecule has 0 aliphatic heterocycles. The first-order valence-electron chi connectivity index (χ1n) is 5.21. The van der Waals surface area contributed by atoms with Gasteiger partial charge in [0.1, 0.15) is 16.5 Å². The first-order valence-corrected chi connectivity index (χ1v) is 6.52. The highest BCUT2D eigenvalue weighted by atomic mass is 32.2. The summed E-state index contributed by atoms with van der Waals surface area (Å²) in [6, 6.07) is 2.01. The van der Waals surface area contributed by atoms with E-state index in [4.69, 9.17) is 5.73 Å². The van der Waals surface area contributed by atoms with Gasteiger partial charge in [-0.05, 0) is 24.5 Å². The molecule has 0 heterocycles. The average Bonchev–Trinajstić information content (AvgIpc) is 2.96. The molecule has 1 fully saturated rings. The Balaban J connectivity index is 2.14. The fourth-order valence-corrected chi connectivity index (χ4v) is 2.88. The van der Waals surface area contributed by atoms with Crippen LogP contribution in [0.5, 0.6) is 0 Å². The third-order valence-corrected chi connectivity index (χ3v) is 4.11. The molecule has 2 N–H and O–H groups in total. The predicted octanol–water partition coefficient (Wildman–Crippen LogP) is 2.45. The lowest BCUT2D eigenvalue weighted by molar-refractivity contribution is 0.535. The SMILES string of the molecule is Nc1cc(F)c(S(=O)CCC2CC2)c(F)c1. The highest BCUT2D eigenvalue weighted by Crippen LogP contribution is 2.33. The third kappa shape index (κ3) is 2.58. The molecule has 88 valence electrons. The molecule has 1 aliphatic rings. The zero-order valence-electron chi connectivity index (χ0n) is 8.71. The van der Waals surface area contributed by atoms with Crippen molar-refractivity contribution < 1.29 is 13.0 Å². The lowest BCUT2D eigenvalue weighted by atomic mass is 10.3. The molecule has 0 radical (unpaired) electrons. The van der Waals surface area contributed by atoms with Gasteiger partial charge in [0.05, 0.1) is 10.8 Å². The van der Waals surface area contributed by atoms with Gasteiger partial charge in [-0.1, -0.05) is 12.8 Å². The number of benzene rings is 1. The largest absolute Gasteiger partial charge is 0.399 e. The highest BCUT2D eigenvalue weighted by molar-refractivity contribution is 7.85. The smallest absolute Gasteiger partial charge is 0.144 e.